The van der Waals surface area contributed by atoms with E-state index in [-0.39, 0.29) is 17.7 Å². The fraction of sp³-hybridized carbons (Fsp3) is 0.304. The Balaban J connectivity index is 1.41. The second kappa shape index (κ2) is 10.4. The minimum atomic E-state index is -0.0547. The molecule has 3 aromatic heterocycles. The summed E-state index contributed by atoms with van der Waals surface area (Å²) in [5.41, 5.74) is 1.64. The lowest BCUT2D eigenvalue weighted by Crippen LogP contribution is -2.38. The van der Waals surface area contributed by atoms with Gasteiger partial charge in [0.05, 0.1) is 35.3 Å². The molecule has 0 aliphatic rings. The fourth-order valence-corrected chi connectivity index (χ4v) is 4.44. The van der Waals surface area contributed by atoms with E-state index in [0.717, 1.165) is 34.9 Å². The van der Waals surface area contributed by atoms with Crippen LogP contribution in [-0.4, -0.2) is 55.9 Å². The standard InChI is InChI=1S/C23H26N6O2S/c1-3-28(4-2)19(20-11-8-12-31-20)14-24-21(30)15-32-23-18-13-27-29(22(18)25-16-26-23)17-9-6-5-7-10-17/h5-13,16,19H,3-4,14-15H2,1-2H3,(H,24,30). The topological polar surface area (TPSA) is 89.1 Å². The summed E-state index contributed by atoms with van der Waals surface area (Å²) < 4.78 is 7.38. The molecular formula is C23H26N6O2S. The zero-order valence-electron chi connectivity index (χ0n) is 18.1. The van der Waals surface area contributed by atoms with E-state index in [0.29, 0.717) is 12.2 Å². The molecule has 1 atom stereocenters. The number of carbonyl (C=O) groups excluding carboxylic acids is 1. The van der Waals surface area contributed by atoms with Gasteiger partial charge in [-0.05, 0) is 37.4 Å². The van der Waals surface area contributed by atoms with Crippen LogP contribution in [0.15, 0.2) is 70.7 Å². The number of nitrogens with one attached hydrogen (secondary N) is 1. The zero-order valence-corrected chi connectivity index (χ0v) is 19.0. The summed E-state index contributed by atoms with van der Waals surface area (Å²) in [5.74, 6) is 1.06. The Morgan fingerprint density at radius 3 is 2.69 bits per heavy atom. The van der Waals surface area contributed by atoms with Gasteiger partial charge in [-0.25, -0.2) is 14.6 Å². The summed E-state index contributed by atoms with van der Waals surface area (Å²) in [6.07, 6.45) is 4.92. The van der Waals surface area contributed by atoms with Gasteiger partial charge in [-0.2, -0.15) is 5.10 Å². The van der Waals surface area contributed by atoms with E-state index in [1.807, 2.05) is 42.5 Å². The SMILES string of the molecule is CCN(CC)C(CNC(=O)CSc1ncnc2c1cnn2-c1ccccc1)c1ccco1. The lowest BCUT2D eigenvalue weighted by molar-refractivity contribution is -0.118. The van der Waals surface area contributed by atoms with Gasteiger partial charge in [-0.15, -0.1) is 0 Å². The van der Waals surface area contributed by atoms with Crippen molar-refractivity contribution in [1.82, 2.24) is 30.0 Å². The van der Waals surface area contributed by atoms with Gasteiger partial charge in [0, 0.05) is 6.54 Å². The number of hydrogen-bond acceptors (Lipinski definition) is 7. The second-order valence-electron chi connectivity index (χ2n) is 7.15. The highest BCUT2D eigenvalue weighted by Gasteiger charge is 2.21. The maximum absolute atomic E-state index is 12.6. The van der Waals surface area contributed by atoms with Crippen LogP contribution in [0.4, 0.5) is 0 Å². The highest BCUT2D eigenvalue weighted by atomic mass is 32.2. The number of rotatable bonds is 10. The third-order valence-corrected chi connectivity index (χ3v) is 6.29. The van der Waals surface area contributed by atoms with Crippen molar-refractivity contribution in [3.8, 4) is 5.69 Å². The van der Waals surface area contributed by atoms with Gasteiger partial charge in [-0.3, -0.25) is 9.69 Å². The number of thioether (sulfide) groups is 1. The molecule has 1 amide bonds. The monoisotopic (exact) mass is 450 g/mol. The Bertz CT molecular complexity index is 1140. The molecule has 4 aromatic rings. The molecule has 0 bridgehead atoms. The number of benzene rings is 1. The van der Waals surface area contributed by atoms with E-state index in [4.69, 9.17) is 4.42 Å². The van der Waals surface area contributed by atoms with Crippen molar-refractivity contribution in [2.24, 2.45) is 0 Å². The van der Waals surface area contributed by atoms with Crippen molar-refractivity contribution >= 4 is 28.7 Å². The molecule has 4 rings (SSSR count). The van der Waals surface area contributed by atoms with Crippen molar-refractivity contribution < 1.29 is 9.21 Å². The average molecular weight is 451 g/mol. The first-order chi connectivity index (χ1) is 15.7. The van der Waals surface area contributed by atoms with E-state index < -0.39 is 0 Å². The van der Waals surface area contributed by atoms with Gasteiger partial charge < -0.3 is 9.73 Å². The van der Waals surface area contributed by atoms with Crippen molar-refractivity contribution in [2.75, 3.05) is 25.4 Å². The van der Waals surface area contributed by atoms with Crippen molar-refractivity contribution in [3.05, 3.63) is 67.0 Å². The van der Waals surface area contributed by atoms with Gasteiger partial charge >= 0.3 is 0 Å². The lowest BCUT2D eigenvalue weighted by Gasteiger charge is -2.28. The molecule has 0 fully saturated rings. The molecule has 1 N–H and O–H groups in total. The molecule has 1 unspecified atom stereocenters. The van der Waals surface area contributed by atoms with Crippen LogP contribution < -0.4 is 5.32 Å². The van der Waals surface area contributed by atoms with E-state index >= 15 is 0 Å². The predicted octanol–water partition coefficient (Wildman–Crippen LogP) is 3.70. The minimum Gasteiger partial charge on any atom is -0.468 e. The zero-order chi connectivity index (χ0) is 22.3. The molecule has 32 heavy (non-hydrogen) atoms. The molecule has 0 saturated heterocycles. The van der Waals surface area contributed by atoms with E-state index in [1.54, 1.807) is 17.1 Å². The number of fused-ring (bicyclic) bond motifs is 1. The van der Waals surface area contributed by atoms with Crippen molar-refractivity contribution in [2.45, 2.75) is 24.9 Å². The summed E-state index contributed by atoms with van der Waals surface area (Å²) in [5, 5.41) is 9.07. The first-order valence-electron chi connectivity index (χ1n) is 10.6. The number of para-hydroxylation sites is 1. The minimum absolute atomic E-state index is 0.00353. The molecule has 0 spiro atoms. The number of nitrogens with zero attached hydrogens (tertiary/aromatic N) is 5. The molecule has 166 valence electrons. The second-order valence-corrected chi connectivity index (χ2v) is 8.12. The third-order valence-electron chi connectivity index (χ3n) is 5.29. The van der Waals surface area contributed by atoms with Crippen LogP contribution in [0.2, 0.25) is 0 Å². The van der Waals surface area contributed by atoms with Gasteiger partial charge in [0.1, 0.15) is 17.1 Å². The normalized spacial score (nSPS) is 12.3. The third kappa shape index (κ3) is 4.84. The largest absolute Gasteiger partial charge is 0.468 e. The van der Waals surface area contributed by atoms with Crippen LogP contribution in [-0.2, 0) is 4.79 Å². The van der Waals surface area contributed by atoms with Crippen LogP contribution in [0.3, 0.4) is 0 Å². The molecule has 0 radical (unpaired) electrons. The summed E-state index contributed by atoms with van der Waals surface area (Å²) in [4.78, 5) is 23.6. The highest BCUT2D eigenvalue weighted by Crippen LogP contribution is 2.26. The number of amides is 1. The smallest absolute Gasteiger partial charge is 0.230 e. The number of hydrogen-bond donors (Lipinski definition) is 1. The molecule has 8 nitrogen and oxygen atoms in total. The van der Waals surface area contributed by atoms with Crippen LogP contribution >= 0.6 is 11.8 Å². The Hall–Kier alpha value is -3.17. The first kappa shape index (κ1) is 22.0. The predicted molar refractivity (Wildman–Crippen MR) is 125 cm³/mol. The van der Waals surface area contributed by atoms with E-state index in [9.17, 15) is 4.79 Å². The Morgan fingerprint density at radius 2 is 1.97 bits per heavy atom. The Kier molecular flexibility index (Phi) is 7.18. The van der Waals surface area contributed by atoms with Crippen LogP contribution in [0, 0.1) is 0 Å². The molecular weight excluding hydrogens is 424 g/mol. The maximum Gasteiger partial charge on any atom is 0.230 e. The van der Waals surface area contributed by atoms with Crippen LogP contribution in [0.1, 0.15) is 25.6 Å². The summed E-state index contributed by atoms with van der Waals surface area (Å²) in [6, 6.07) is 13.6. The first-order valence-corrected chi connectivity index (χ1v) is 11.6. The molecule has 3 heterocycles. The average Bonchev–Trinajstić information content (AvgIpc) is 3.51. The summed E-state index contributed by atoms with van der Waals surface area (Å²) in [7, 11) is 0. The quantitative estimate of drug-likeness (QED) is 0.291. The van der Waals surface area contributed by atoms with Gasteiger partial charge in [-0.1, -0.05) is 43.8 Å². The molecule has 9 heteroatoms. The van der Waals surface area contributed by atoms with Gasteiger partial charge in [0.25, 0.3) is 0 Å². The summed E-state index contributed by atoms with van der Waals surface area (Å²) >= 11 is 1.38. The number of furan rings is 1. The maximum atomic E-state index is 12.6. The Morgan fingerprint density at radius 1 is 1.16 bits per heavy atom. The lowest BCUT2D eigenvalue weighted by atomic mass is 10.2. The summed E-state index contributed by atoms with van der Waals surface area (Å²) in [6.45, 7) is 6.44. The van der Waals surface area contributed by atoms with Crippen molar-refractivity contribution in [1.29, 1.82) is 0 Å². The highest BCUT2D eigenvalue weighted by molar-refractivity contribution is 8.00. The van der Waals surface area contributed by atoms with Gasteiger partial charge in [0.2, 0.25) is 5.91 Å². The molecule has 0 saturated carbocycles. The molecule has 0 aliphatic carbocycles. The molecule has 0 aliphatic heterocycles. The van der Waals surface area contributed by atoms with E-state index in [2.05, 4.69) is 39.1 Å². The number of aromatic nitrogens is 4. The molecule has 1 aromatic carbocycles. The van der Waals surface area contributed by atoms with Crippen molar-refractivity contribution in [3.63, 3.8) is 0 Å². The fourth-order valence-electron chi connectivity index (χ4n) is 3.65. The van der Waals surface area contributed by atoms with E-state index in [1.165, 1.54) is 18.1 Å². The van der Waals surface area contributed by atoms with Crippen LogP contribution in [0.25, 0.3) is 16.7 Å². The Labute approximate surface area is 191 Å². The van der Waals surface area contributed by atoms with Gasteiger partial charge in [0.15, 0.2) is 5.65 Å². The number of carbonyl (C=O) groups is 1. The van der Waals surface area contributed by atoms with Crippen LogP contribution in [0.5, 0.6) is 0 Å². The number of likely N-dealkylation sites (N-methyl/N-ethyl adjacent to an activating group) is 1.